The predicted molar refractivity (Wildman–Crippen MR) is 46.5 cm³/mol. The third kappa shape index (κ3) is 5.08. The number of aliphatic imine (C=N–C) groups is 1. The maximum atomic E-state index is 10.6. The van der Waals surface area contributed by atoms with Crippen molar-refractivity contribution in [1.29, 1.82) is 0 Å². The summed E-state index contributed by atoms with van der Waals surface area (Å²) in [6, 6.07) is 0. The van der Waals surface area contributed by atoms with Crippen LogP contribution >= 0.6 is 0 Å². The molecule has 0 aromatic rings. The maximum Gasteiger partial charge on any atom is 0.244 e. The molecule has 0 aromatic carbocycles. The minimum absolute atomic E-state index is 0.217. The van der Waals surface area contributed by atoms with Crippen molar-refractivity contribution in [2.24, 2.45) is 4.99 Å². The molecule has 0 heterocycles. The molecule has 0 rings (SSSR count). The van der Waals surface area contributed by atoms with E-state index in [2.05, 4.69) is 23.5 Å². The molecule has 0 bridgehead atoms. The van der Waals surface area contributed by atoms with Gasteiger partial charge in [0.25, 0.3) is 0 Å². The van der Waals surface area contributed by atoms with Gasteiger partial charge < -0.3 is 5.32 Å². The Morgan fingerprint density at radius 1 is 1.55 bits per heavy atom. The number of hydrogen-bond acceptors (Lipinski definition) is 2. The maximum absolute atomic E-state index is 10.6. The minimum Gasteiger partial charge on any atom is -0.333 e. The molecule has 0 radical (unpaired) electrons. The SMILES string of the molecule is C=CC(=O)NCN=C(C)C=C. The third-order valence-corrected chi connectivity index (χ3v) is 1.06. The van der Waals surface area contributed by atoms with Crippen molar-refractivity contribution in [1.82, 2.24) is 5.32 Å². The molecule has 0 aliphatic rings. The number of carbonyl (C=O) groups excluding carboxylic acids is 1. The third-order valence-electron chi connectivity index (χ3n) is 1.06. The van der Waals surface area contributed by atoms with Crippen molar-refractivity contribution in [3.63, 3.8) is 0 Å². The van der Waals surface area contributed by atoms with Gasteiger partial charge in [0.15, 0.2) is 0 Å². The van der Waals surface area contributed by atoms with Crippen molar-refractivity contribution in [2.45, 2.75) is 6.92 Å². The van der Waals surface area contributed by atoms with Gasteiger partial charge in [0.05, 0.1) is 0 Å². The van der Waals surface area contributed by atoms with Gasteiger partial charge in [0.2, 0.25) is 5.91 Å². The molecular formula is C8H12N2O. The van der Waals surface area contributed by atoms with Gasteiger partial charge in [-0.2, -0.15) is 0 Å². The van der Waals surface area contributed by atoms with E-state index in [9.17, 15) is 4.79 Å². The largest absolute Gasteiger partial charge is 0.333 e. The summed E-state index contributed by atoms with van der Waals surface area (Å²) in [5, 5.41) is 2.51. The molecule has 0 aliphatic heterocycles. The molecule has 0 spiro atoms. The fraction of sp³-hybridized carbons (Fsp3) is 0.250. The van der Waals surface area contributed by atoms with Crippen LogP contribution in [0.15, 0.2) is 30.3 Å². The Kier molecular flexibility index (Phi) is 4.73. The van der Waals surface area contributed by atoms with E-state index in [4.69, 9.17) is 0 Å². The highest BCUT2D eigenvalue weighted by Gasteiger charge is 1.88. The molecule has 0 atom stereocenters. The van der Waals surface area contributed by atoms with Crippen LogP contribution < -0.4 is 5.32 Å². The number of hydrogen-bond donors (Lipinski definition) is 1. The summed E-state index contributed by atoms with van der Waals surface area (Å²) in [6.07, 6.45) is 2.83. The normalized spacial score (nSPS) is 10.5. The van der Waals surface area contributed by atoms with Crippen LogP contribution in [0, 0.1) is 0 Å². The summed E-state index contributed by atoms with van der Waals surface area (Å²) in [7, 11) is 0. The van der Waals surface area contributed by atoms with Gasteiger partial charge in [0.1, 0.15) is 6.67 Å². The zero-order valence-corrected chi connectivity index (χ0v) is 6.63. The molecule has 0 aromatic heterocycles. The Balaban J connectivity index is 3.64. The lowest BCUT2D eigenvalue weighted by molar-refractivity contribution is -0.116. The molecule has 0 aliphatic carbocycles. The van der Waals surface area contributed by atoms with Crippen LogP contribution in [0.3, 0.4) is 0 Å². The molecule has 3 heteroatoms. The number of amides is 1. The van der Waals surface area contributed by atoms with Crippen molar-refractivity contribution >= 4 is 11.6 Å². The standard InChI is InChI=1S/C8H12N2O/c1-4-7(3)9-6-10-8(11)5-2/h4-5H,1-2,6H2,3H3,(H,10,11). The van der Waals surface area contributed by atoms with Crippen LogP contribution in [0.1, 0.15) is 6.92 Å². The average molecular weight is 152 g/mol. The molecule has 11 heavy (non-hydrogen) atoms. The monoisotopic (exact) mass is 152 g/mol. The Morgan fingerprint density at radius 2 is 2.18 bits per heavy atom. The van der Waals surface area contributed by atoms with E-state index < -0.39 is 0 Å². The van der Waals surface area contributed by atoms with Crippen LogP contribution in [0.5, 0.6) is 0 Å². The summed E-state index contributed by atoms with van der Waals surface area (Å²) >= 11 is 0. The van der Waals surface area contributed by atoms with Gasteiger partial charge in [-0.05, 0) is 19.1 Å². The smallest absolute Gasteiger partial charge is 0.244 e. The first-order valence-corrected chi connectivity index (χ1v) is 3.24. The van der Waals surface area contributed by atoms with Gasteiger partial charge >= 0.3 is 0 Å². The summed E-state index contributed by atoms with van der Waals surface area (Å²) in [6.45, 7) is 8.91. The summed E-state index contributed by atoms with van der Waals surface area (Å²) in [4.78, 5) is 14.5. The second-order valence-corrected chi connectivity index (χ2v) is 1.91. The molecular weight excluding hydrogens is 140 g/mol. The molecule has 60 valence electrons. The van der Waals surface area contributed by atoms with Crippen LogP contribution in [0.2, 0.25) is 0 Å². The summed E-state index contributed by atoms with van der Waals surface area (Å²) < 4.78 is 0. The quantitative estimate of drug-likeness (QED) is 0.472. The summed E-state index contributed by atoms with van der Waals surface area (Å²) in [5.41, 5.74) is 0.800. The van der Waals surface area contributed by atoms with E-state index in [1.54, 1.807) is 6.08 Å². The fourth-order valence-corrected chi connectivity index (χ4v) is 0.379. The number of nitrogens with zero attached hydrogens (tertiary/aromatic N) is 1. The number of nitrogens with one attached hydrogen (secondary N) is 1. The molecule has 0 saturated heterocycles. The van der Waals surface area contributed by atoms with Crippen LogP contribution in [0.4, 0.5) is 0 Å². The molecule has 0 saturated carbocycles. The Morgan fingerprint density at radius 3 is 2.64 bits per heavy atom. The highest BCUT2D eigenvalue weighted by Crippen LogP contribution is 1.76. The number of rotatable bonds is 4. The van der Waals surface area contributed by atoms with Gasteiger partial charge in [-0.1, -0.05) is 13.2 Å². The highest BCUT2D eigenvalue weighted by atomic mass is 16.1. The lowest BCUT2D eigenvalue weighted by atomic mass is 10.4. The number of allylic oxidation sites excluding steroid dienone is 1. The predicted octanol–water partition coefficient (Wildman–Crippen LogP) is 0.893. The van der Waals surface area contributed by atoms with E-state index in [1.165, 1.54) is 6.08 Å². The second-order valence-electron chi connectivity index (χ2n) is 1.91. The van der Waals surface area contributed by atoms with Gasteiger partial charge in [-0.3, -0.25) is 9.79 Å². The topological polar surface area (TPSA) is 41.5 Å². The number of carbonyl (C=O) groups is 1. The fourth-order valence-electron chi connectivity index (χ4n) is 0.379. The summed E-state index contributed by atoms with van der Waals surface area (Å²) in [5.74, 6) is -0.217. The van der Waals surface area contributed by atoms with E-state index in [1.807, 2.05) is 6.92 Å². The molecule has 0 unspecified atom stereocenters. The van der Waals surface area contributed by atoms with Crippen molar-refractivity contribution < 1.29 is 4.79 Å². The van der Waals surface area contributed by atoms with Gasteiger partial charge in [-0.15, -0.1) is 0 Å². The first-order valence-electron chi connectivity index (χ1n) is 3.24. The minimum atomic E-state index is -0.217. The van der Waals surface area contributed by atoms with E-state index >= 15 is 0 Å². The van der Waals surface area contributed by atoms with Crippen molar-refractivity contribution in [3.05, 3.63) is 25.3 Å². The Labute approximate surface area is 66.5 Å². The lowest BCUT2D eigenvalue weighted by Crippen LogP contribution is -2.21. The van der Waals surface area contributed by atoms with E-state index in [0.29, 0.717) is 0 Å². The first kappa shape index (κ1) is 9.62. The zero-order chi connectivity index (χ0) is 8.69. The van der Waals surface area contributed by atoms with Gasteiger partial charge in [-0.25, -0.2) is 0 Å². The Bertz CT molecular complexity index is 194. The van der Waals surface area contributed by atoms with E-state index in [0.717, 1.165) is 5.71 Å². The molecule has 0 fully saturated rings. The molecule has 1 amide bonds. The van der Waals surface area contributed by atoms with Crippen LogP contribution in [-0.2, 0) is 4.79 Å². The van der Waals surface area contributed by atoms with E-state index in [-0.39, 0.29) is 12.6 Å². The van der Waals surface area contributed by atoms with Crippen LogP contribution in [0.25, 0.3) is 0 Å². The highest BCUT2D eigenvalue weighted by molar-refractivity contribution is 5.92. The Hall–Kier alpha value is -1.38. The lowest BCUT2D eigenvalue weighted by Gasteiger charge is -1.96. The van der Waals surface area contributed by atoms with Crippen molar-refractivity contribution in [3.8, 4) is 0 Å². The van der Waals surface area contributed by atoms with Crippen LogP contribution in [-0.4, -0.2) is 18.3 Å². The van der Waals surface area contributed by atoms with Gasteiger partial charge in [0, 0.05) is 5.71 Å². The molecule has 3 nitrogen and oxygen atoms in total. The molecule has 1 N–H and O–H groups in total. The zero-order valence-electron chi connectivity index (χ0n) is 6.63. The second kappa shape index (κ2) is 5.41. The first-order chi connectivity index (χ1) is 5.20. The van der Waals surface area contributed by atoms with Crippen molar-refractivity contribution in [2.75, 3.05) is 6.67 Å². The average Bonchev–Trinajstić information content (AvgIpc) is 2.04.